The predicted octanol–water partition coefficient (Wildman–Crippen LogP) is 3.12. The molecule has 1 aromatic carbocycles. The number of halogens is 3. The van der Waals surface area contributed by atoms with E-state index < -0.39 is 0 Å². The second-order valence-electron chi connectivity index (χ2n) is 3.09. The van der Waals surface area contributed by atoms with E-state index in [0.29, 0.717) is 16.6 Å². The first-order chi connectivity index (χ1) is 7.59. The minimum atomic E-state index is 0. The van der Waals surface area contributed by atoms with Crippen molar-refractivity contribution in [3.63, 3.8) is 0 Å². The third-order valence-electron chi connectivity index (χ3n) is 1.80. The van der Waals surface area contributed by atoms with E-state index in [-0.39, 0.29) is 29.9 Å². The van der Waals surface area contributed by atoms with Gasteiger partial charge in [-0.2, -0.15) is 11.8 Å². The Morgan fingerprint density at radius 2 is 2.00 bits per heavy atom. The lowest BCUT2D eigenvalue weighted by Gasteiger charge is -2.03. The summed E-state index contributed by atoms with van der Waals surface area (Å²) in [6.45, 7) is 0.623. The summed E-state index contributed by atoms with van der Waals surface area (Å²) in [5.41, 5.74) is 11.5. The van der Waals surface area contributed by atoms with Gasteiger partial charge in [0.15, 0.2) is 5.96 Å². The van der Waals surface area contributed by atoms with Crippen LogP contribution in [0.2, 0.25) is 10.0 Å². The molecule has 0 unspecified atom stereocenters. The second-order valence-corrected chi connectivity index (χ2v) is 5.04. The minimum Gasteiger partial charge on any atom is -0.370 e. The van der Waals surface area contributed by atoms with Gasteiger partial charge in [-0.25, -0.2) is 0 Å². The quantitative estimate of drug-likeness (QED) is 0.342. The van der Waals surface area contributed by atoms with Crippen molar-refractivity contribution >= 4 is 64.9 Å². The van der Waals surface area contributed by atoms with E-state index in [1.807, 2.05) is 12.1 Å². The number of guanidine groups is 1. The fourth-order valence-corrected chi connectivity index (χ4v) is 2.45. The van der Waals surface area contributed by atoms with Gasteiger partial charge in [0, 0.05) is 21.6 Å². The van der Waals surface area contributed by atoms with E-state index in [2.05, 4.69) is 4.99 Å². The molecule has 7 heteroatoms. The Morgan fingerprint density at radius 3 is 2.59 bits per heavy atom. The number of hydrogen-bond acceptors (Lipinski definition) is 2. The number of thioether (sulfide) groups is 1. The number of nitrogens with two attached hydrogens (primary N) is 2. The fraction of sp³-hybridized carbons (Fsp3) is 0.300. The summed E-state index contributed by atoms with van der Waals surface area (Å²) in [5.74, 6) is 1.82. The molecule has 1 rings (SSSR count). The highest BCUT2D eigenvalue weighted by atomic mass is 127. The lowest BCUT2D eigenvalue weighted by Crippen LogP contribution is -2.23. The van der Waals surface area contributed by atoms with Crippen molar-refractivity contribution in [2.45, 2.75) is 5.75 Å². The van der Waals surface area contributed by atoms with Gasteiger partial charge in [-0.3, -0.25) is 4.99 Å². The number of aliphatic imine (C=N–C) groups is 1. The summed E-state index contributed by atoms with van der Waals surface area (Å²) in [5, 5.41) is 1.35. The number of rotatable bonds is 5. The van der Waals surface area contributed by atoms with Crippen LogP contribution >= 0.6 is 58.9 Å². The van der Waals surface area contributed by atoms with Gasteiger partial charge in [-0.15, -0.1) is 24.0 Å². The SMILES string of the molecule is I.NC(N)=NCCSCc1ccc(Cl)cc1Cl. The third kappa shape index (κ3) is 7.23. The van der Waals surface area contributed by atoms with E-state index in [0.717, 1.165) is 17.1 Å². The first kappa shape index (κ1) is 17.2. The Kier molecular flexibility index (Phi) is 9.21. The molecule has 96 valence electrons. The molecule has 4 N–H and O–H groups in total. The van der Waals surface area contributed by atoms with Crippen molar-refractivity contribution in [3.05, 3.63) is 33.8 Å². The third-order valence-corrected chi connectivity index (χ3v) is 3.38. The van der Waals surface area contributed by atoms with Crippen LogP contribution < -0.4 is 11.5 Å². The molecule has 0 spiro atoms. The highest BCUT2D eigenvalue weighted by Crippen LogP contribution is 2.24. The Morgan fingerprint density at radius 1 is 1.29 bits per heavy atom. The molecule has 0 saturated carbocycles. The summed E-state index contributed by atoms with van der Waals surface area (Å²) in [7, 11) is 0. The van der Waals surface area contributed by atoms with E-state index >= 15 is 0 Å². The molecule has 0 aliphatic carbocycles. The van der Waals surface area contributed by atoms with Crippen molar-refractivity contribution in [2.75, 3.05) is 12.3 Å². The summed E-state index contributed by atoms with van der Waals surface area (Å²) in [4.78, 5) is 3.89. The summed E-state index contributed by atoms with van der Waals surface area (Å²) < 4.78 is 0. The average Bonchev–Trinajstić information content (AvgIpc) is 2.20. The van der Waals surface area contributed by atoms with Crippen LogP contribution in [0.15, 0.2) is 23.2 Å². The molecule has 17 heavy (non-hydrogen) atoms. The first-order valence-corrected chi connectivity index (χ1v) is 6.57. The molecule has 0 heterocycles. The van der Waals surface area contributed by atoms with E-state index in [4.69, 9.17) is 34.7 Å². The zero-order valence-corrected chi connectivity index (χ0v) is 13.7. The van der Waals surface area contributed by atoms with Crippen LogP contribution in [0.1, 0.15) is 5.56 Å². The standard InChI is InChI=1S/C10H13Cl2N3S.HI/c11-8-2-1-7(9(12)5-8)6-16-4-3-15-10(13)14;/h1-2,5H,3-4,6H2,(H4,13,14,15);1H. The zero-order chi connectivity index (χ0) is 12.0. The molecule has 0 aliphatic rings. The maximum Gasteiger partial charge on any atom is 0.185 e. The molecule has 1 aromatic rings. The van der Waals surface area contributed by atoms with Crippen LogP contribution in [0.5, 0.6) is 0 Å². The molecular formula is C10H14Cl2IN3S. The van der Waals surface area contributed by atoms with Crippen molar-refractivity contribution < 1.29 is 0 Å². The molecule has 3 nitrogen and oxygen atoms in total. The molecule has 0 aliphatic heterocycles. The average molecular weight is 406 g/mol. The van der Waals surface area contributed by atoms with E-state index in [9.17, 15) is 0 Å². The Bertz CT molecular complexity index is 384. The monoisotopic (exact) mass is 405 g/mol. The molecule has 0 radical (unpaired) electrons. The predicted molar refractivity (Wildman–Crippen MR) is 88.7 cm³/mol. The molecule has 0 atom stereocenters. The lowest BCUT2D eigenvalue weighted by atomic mass is 10.2. The van der Waals surface area contributed by atoms with Crippen LogP contribution in [0, 0.1) is 0 Å². The number of benzene rings is 1. The van der Waals surface area contributed by atoms with E-state index in [1.165, 1.54) is 0 Å². The van der Waals surface area contributed by atoms with Crippen LogP contribution in [0.3, 0.4) is 0 Å². The van der Waals surface area contributed by atoms with Crippen molar-refractivity contribution in [3.8, 4) is 0 Å². The first-order valence-electron chi connectivity index (χ1n) is 4.66. The fourth-order valence-electron chi connectivity index (χ4n) is 1.06. The summed E-state index contributed by atoms with van der Waals surface area (Å²) in [6, 6.07) is 5.51. The van der Waals surface area contributed by atoms with Gasteiger partial charge >= 0.3 is 0 Å². The van der Waals surface area contributed by atoms with Gasteiger partial charge in [-0.05, 0) is 17.7 Å². The smallest absolute Gasteiger partial charge is 0.185 e. The van der Waals surface area contributed by atoms with Gasteiger partial charge in [0.25, 0.3) is 0 Å². The topological polar surface area (TPSA) is 64.4 Å². The van der Waals surface area contributed by atoms with Crippen LogP contribution in [0.4, 0.5) is 0 Å². The zero-order valence-electron chi connectivity index (χ0n) is 9.03. The molecule has 0 bridgehead atoms. The van der Waals surface area contributed by atoms with Gasteiger partial charge in [0.05, 0.1) is 6.54 Å². The van der Waals surface area contributed by atoms with Crippen LogP contribution in [0.25, 0.3) is 0 Å². The second kappa shape index (κ2) is 9.13. The Labute approximate surface area is 132 Å². The lowest BCUT2D eigenvalue weighted by molar-refractivity contribution is 1.12. The Hall–Kier alpha value is 0.150. The number of nitrogens with zero attached hydrogens (tertiary/aromatic N) is 1. The van der Waals surface area contributed by atoms with Gasteiger partial charge in [0.2, 0.25) is 0 Å². The Balaban J connectivity index is 0.00000256. The summed E-state index contributed by atoms with van der Waals surface area (Å²) >= 11 is 13.5. The molecular weight excluding hydrogens is 392 g/mol. The molecule has 0 amide bonds. The van der Waals surface area contributed by atoms with Crippen molar-refractivity contribution in [2.24, 2.45) is 16.5 Å². The molecule has 0 saturated heterocycles. The maximum absolute atomic E-state index is 6.03. The molecule has 0 aromatic heterocycles. The highest BCUT2D eigenvalue weighted by Gasteiger charge is 2.00. The van der Waals surface area contributed by atoms with E-state index in [1.54, 1.807) is 17.8 Å². The minimum absolute atomic E-state index is 0. The van der Waals surface area contributed by atoms with Crippen LogP contribution in [-0.2, 0) is 5.75 Å². The molecule has 0 fully saturated rings. The van der Waals surface area contributed by atoms with Gasteiger partial charge in [-0.1, -0.05) is 29.3 Å². The van der Waals surface area contributed by atoms with Crippen molar-refractivity contribution in [1.82, 2.24) is 0 Å². The largest absolute Gasteiger partial charge is 0.370 e. The number of hydrogen-bond donors (Lipinski definition) is 2. The maximum atomic E-state index is 6.03. The normalized spacial score (nSPS) is 9.53. The van der Waals surface area contributed by atoms with Gasteiger partial charge in [0.1, 0.15) is 0 Å². The van der Waals surface area contributed by atoms with Crippen LogP contribution in [-0.4, -0.2) is 18.3 Å². The van der Waals surface area contributed by atoms with Gasteiger partial charge < -0.3 is 11.5 Å². The summed E-state index contributed by atoms with van der Waals surface area (Å²) in [6.07, 6.45) is 0. The highest BCUT2D eigenvalue weighted by molar-refractivity contribution is 14.0. The van der Waals surface area contributed by atoms with Crippen molar-refractivity contribution in [1.29, 1.82) is 0 Å².